The topological polar surface area (TPSA) is 63.6 Å². The second-order valence-electron chi connectivity index (χ2n) is 3.49. The smallest absolute Gasteiger partial charge is 0.339 e. The van der Waals surface area contributed by atoms with Gasteiger partial charge in [0.2, 0.25) is 0 Å². The molecule has 4 nitrogen and oxygen atoms in total. The summed E-state index contributed by atoms with van der Waals surface area (Å²) in [7, 11) is 0. The zero-order valence-corrected chi connectivity index (χ0v) is 8.87. The molecular formula is C13H10O4. The monoisotopic (exact) mass is 230 g/mol. The molecule has 2 rings (SSSR count). The normalized spacial score (nSPS) is 13.9. The summed E-state index contributed by atoms with van der Waals surface area (Å²) in [4.78, 5) is 22.7. The lowest BCUT2D eigenvalue weighted by Crippen LogP contribution is -2.16. The van der Waals surface area contributed by atoms with Crippen LogP contribution in [0.4, 0.5) is 0 Å². The van der Waals surface area contributed by atoms with E-state index in [1.165, 1.54) is 12.1 Å². The molecule has 1 N–H and O–H groups in total. The van der Waals surface area contributed by atoms with Crippen molar-refractivity contribution in [3.63, 3.8) is 0 Å². The molecule has 1 aromatic rings. The number of carboxylic acids is 1. The lowest BCUT2D eigenvalue weighted by Gasteiger charge is -2.09. The number of carboxylic acid groups (broad SMARTS) is 1. The Morgan fingerprint density at radius 1 is 1.06 bits per heavy atom. The molecule has 0 saturated carbocycles. The van der Waals surface area contributed by atoms with Crippen LogP contribution in [-0.4, -0.2) is 23.1 Å². The van der Waals surface area contributed by atoms with Crippen LogP contribution in [0.3, 0.4) is 0 Å². The average Bonchev–Trinajstić information content (AvgIpc) is 2.81. The van der Waals surface area contributed by atoms with Gasteiger partial charge in [0.05, 0.1) is 11.1 Å². The van der Waals surface area contributed by atoms with Gasteiger partial charge in [-0.25, -0.2) is 9.59 Å². The maximum absolute atomic E-state index is 11.8. The Labute approximate surface area is 97.8 Å². The zero-order chi connectivity index (χ0) is 12.3. The number of ether oxygens (including phenoxy) is 1. The second kappa shape index (κ2) is 4.65. The van der Waals surface area contributed by atoms with Crippen LogP contribution < -0.4 is 0 Å². The minimum atomic E-state index is -1.14. The zero-order valence-electron chi connectivity index (χ0n) is 8.87. The van der Waals surface area contributed by atoms with E-state index in [0.29, 0.717) is 0 Å². The van der Waals surface area contributed by atoms with Crippen molar-refractivity contribution in [3.8, 4) is 0 Å². The molecule has 0 spiro atoms. The number of benzene rings is 1. The summed E-state index contributed by atoms with van der Waals surface area (Å²) >= 11 is 0. The van der Waals surface area contributed by atoms with E-state index in [0.717, 1.165) is 0 Å². The Hall–Kier alpha value is -2.36. The maximum Gasteiger partial charge on any atom is 0.339 e. The second-order valence-corrected chi connectivity index (χ2v) is 3.49. The van der Waals surface area contributed by atoms with Gasteiger partial charge in [0.25, 0.3) is 0 Å². The van der Waals surface area contributed by atoms with E-state index in [9.17, 15) is 9.59 Å². The molecule has 0 bridgehead atoms. The first-order valence-electron chi connectivity index (χ1n) is 5.07. The predicted molar refractivity (Wildman–Crippen MR) is 60.9 cm³/mol. The van der Waals surface area contributed by atoms with E-state index in [4.69, 9.17) is 9.84 Å². The number of hydrogen-bond donors (Lipinski definition) is 1. The number of carbonyl (C=O) groups is 2. The van der Waals surface area contributed by atoms with Crippen LogP contribution in [0.5, 0.6) is 0 Å². The van der Waals surface area contributed by atoms with Gasteiger partial charge in [-0.1, -0.05) is 24.3 Å². The highest BCUT2D eigenvalue weighted by molar-refractivity contribution is 6.02. The molecule has 17 heavy (non-hydrogen) atoms. The highest BCUT2D eigenvalue weighted by Gasteiger charge is 2.19. The number of rotatable bonds is 3. The molecule has 0 fully saturated rings. The quantitative estimate of drug-likeness (QED) is 0.807. The van der Waals surface area contributed by atoms with Gasteiger partial charge in [-0.15, -0.1) is 0 Å². The minimum Gasteiger partial charge on any atom is -0.478 e. The molecule has 0 atom stereocenters. The highest BCUT2D eigenvalue weighted by atomic mass is 16.5. The van der Waals surface area contributed by atoms with Crippen molar-refractivity contribution in [1.29, 1.82) is 0 Å². The van der Waals surface area contributed by atoms with Crippen LogP contribution in [0.1, 0.15) is 20.7 Å². The van der Waals surface area contributed by atoms with E-state index in [-0.39, 0.29) is 11.1 Å². The molecule has 0 unspecified atom stereocenters. The van der Waals surface area contributed by atoms with Crippen molar-refractivity contribution >= 4 is 11.9 Å². The van der Waals surface area contributed by atoms with Gasteiger partial charge in [0.1, 0.15) is 6.10 Å². The van der Waals surface area contributed by atoms with Gasteiger partial charge >= 0.3 is 11.9 Å². The van der Waals surface area contributed by atoms with Crippen molar-refractivity contribution in [2.45, 2.75) is 6.10 Å². The van der Waals surface area contributed by atoms with Gasteiger partial charge in [0.15, 0.2) is 0 Å². The van der Waals surface area contributed by atoms with Crippen LogP contribution in [-0.2, 0) is 4.74 Å². The van der Waals surface area contributed by atoms with Crippen LogP contribution in [0.25, 0.3) is 0 Å². The molecule has 1 aromatic carbocycles. The van der Waals surface area contributed by atoms with Gasteiger partial charge in [-0.3, -0.25) is 0 Å². The highest BCUT2D eigenvalue weighted by Crippen LogP contribution is 2.13. The standard InChI is InChI=1S/C13H10O4/c14-12(15)10-7-3-4-8-11(10)13(16)17-9-5-1-2-6-9/h1-9H,(H,14,15). The summed E-state index contributed by atoms with van der Waals surface area (Å²) in [5.41, 5.74) is 0.0113. The Kier molecular flexibility index (Phi) is 3.05. The SMILES string of the molecule is O=C(O)c1ccccc1C(=O)OC1C=CC=C1. The fraction of sp³-hybridized carbons (Fsp3) is 0.0769. The lowest BCUT2D eigenvalue weighted by molar-refractivity contribution is 0.0457. The molecule has 1 aliphatic carbocycles. The lowest BCUT2D eigenvalue weighted by atomic mass is 10.1. The van der Waals surface area contributed by atoms with Crippen molar-refractivity contribution in [2.75, 3.05) is 0 Å². The first-order chi connectivity index (χ1) is 8.18. The molecule has 0 saturated heterocycles. The molecule has 1 aliphatic rings. The van der Waals surface area contributed by atoms with Crippen LogP contribution >= 0.6 is 0 Å². The molecule has 0 aromatic heterocycles. The van der Waals surface area contributed by atoms with Gasteiger partial charge < -0.3 is 9.84 Å². The number of allylic oxidation sites excluding steroid dienone is 2. The average molecular weight is 230 g/mol. The van der Waals surface area contributed by atoms with E-state index in [2.05, 4.69) is 0 Å². The van der Waals surface area contributed by atoms with Crippen LogP contribution in [0, 0.1) is 0 Å². The first kappa shape index (κ1) is 11.1. The Morgan fingerprint density at radius 2 is 1.65 bits per heavy atom. The third kappa shape index (κ3) is 2.42. The van der Waals surface area contributed by atoms with Gasteiger partial charge in [0, 0.05) is 0 Å². The van der Waals surface area contributed by atoms with Crippen LogP contribution in [0.15, 0.2) is 48.6 Å². The van der Waals surface area contributed by atoms with E-state index < -0.39 is 18.0 Å². The van der Waals surface area contributed by atoms with Gasteiger partial charge in [-0.2, -0.15) is 0 Å². The van der Waals surface area contributed by atoms with Crippen molar-refractivity contribution in [3.05, 3.63) is 59.7 Å². The predicted octanol–water partition coefficient (Wildman–Crippen LogP) is 2.04. The summed E-state index contributed by atoms with van der Waals surface area (Å²) in [6, 6.07) is 5.98. The van der Waals surface area contributed by atoms with E-state index in [1.54, 1.807) is 36.4 Å². The molecule has 86 valence electrons. The summed E-state index contributed by atoms with van der Waals surface area (Å²) in [6.07, 6.45) is 6.54. The Bertz CT molecular complexity index is 502. The molecule has 4 heteroatoms. The minimum absolute atomic E-state index is 0.0524. The van der Waals surface area contributed by atoms with Crippen molar-refractivity contribution in [1.82, 2.24) is 0 Å². The summed E-state index contributed by atoms with van der Waals surface area (Å²) in [5.74, 6) is -1.78. The Morgan fingerprint density at radius 3 is 2.24 bits per heavy atom. The number of esters is 1. The summed E-state index contributed by atoms with van der Waals surface area (Å²) in [5, 5.41) is 8.94. The van der Waals surface area contributed by atoms with E-state index >= 15 is 0 Å². The maximum atomic E-state index is 11.8. The number of hydrogen-bond acceptors (Lipinski definition) is 3. The molecule has 0 heterocycles. The largest absolute Gasteiger partial charge is 0.478 e. The molecule has 0 radical (unpaired) electrons. The van der Waals surface area contributed by atoms with Crippen LogP contribution in [0.2, 0.25) is 0 Å². The number of aromatic carboxylic acids is 1. The van der Waals surface area contributed by atoms with Crippen molar-refractivity contribution in [2.24, 2.45) is 0 Å². The summed E-state index contributed by atoms with van der Waals surface area (Å²) in [6.45, 7) is 0. The summed E-state index contributed by atoms with van der Waals surface area (Å²) < 4.78 is 5.11. The molecule has 0 aliphatic heterocycles. The first-order valence-corrected chi connectivity index (χ1v) is 5.07. The fourth-order valence-corrected chi connectivity index (χ4v) is 1.52. The fourth-order valence-electron chi connectivity index (χ4n) is 1.52. The van der Waals surface area contributed by atoms with Crippen molar-refractivity contribution < 1.29 is 19.4 Å². The molecular weight excluding hydrogens is 220 g/mol. The third-order valence-electron chi connectivity index (χ3n) is 2.33. The third-order valence-corrected chi connectivity index (χ3v) is 2.33. The van der Waals surface area contributed by atoms with Gasteiger partial charge in [-0.05, 0) is 24.3 Å². The number of carbonyl (C=O) groups excluding carboxylic acids is 1. The Balaban J connectivity index is 2.21. The van der Waals surface area contributed by atoms with E-state index in [1.807, 2.05) is 0 Å². The molecule has 0 amide bonds.